The van der Waals surface area contributed by atoms with E-state index in [0.29, 0.717) is 10.4 Å². The van der Waals surface area contributed by atoms with E-state index >= 15 is 0 Å². The molecule has 0 amide bonds. The van der Waals surface area contributed by atoms with Crippen LogP contribution in [0, 0.1) is 11.3 Å². The quantitative estimate of drug-likeness (QED) is 0.845. The van der Waals surface area contributed by atoms with Crippen molar-refractivity contribution in [2.45, 2.75) is 30.5 Å². The van der Waals surface area contributed by atoms with E-state index < -0.39 is 37.7 Å². The number of hydrogen-bond acceptors (Lipinski definition) is 3. The minimum Gasteiger partial charge on any atom is -0.207 e. The summed E-state index contributed by atoms with van der Waals surface area (Å²) in [6, 6.07) is 3.75. The number of benzene rings is 1. The van der Waals surface area contributed by atoms with Crippen LogP contribution in [0.15, 0.2) is 23.1 Å². The van der Waals surface area contributed by atoms with E-state index in [1.165, 1.54) is 6.92 Å². The van der Waals surface area contributed by atoms with Crippen LogP contribution in [-0.4, -0.2) is 25.8 Å². The first-order valence-corrected chi connectivity index (χ1v) is 7.56. The Balaban J connectivity index is 3.50. The molecule has 0 radical (unpaired) electrons. The molecule has 21 heavy (non-hydrogen) atoms. The number of rotatable bonds is 4. The van der Waals surface area contributed by atoms with E-state index in [-0.39, 0.29) is 6.42 Å². The summed E-state index contributed by atoms with van der Waals surface area (Å²) in [5.74, 6) is 0. The second kappa shape index (κ2) is 6.22. The summed E-state index contributed by atoms with van der Waals surface area (Å²) in [4.78, 5) is -0.994. The standard InChI is InChI=1S/C12H12ClF3N2O2S/c1-8(6-7-17)18(2)21(19,20)11-9(12(14,15)16)4-3-5-10(11)13/h3-5,8H,6H2,1-2H3. The molecule has 1 aromatic rings. The van der Waals surface area contributed by atoms with Gasteiger partial charge in [0, 0.05) is 13.1 Å². The Morgan fingerprint density at radius 3 is 2.48 bits per heavy atom. The van der Waals surface area contributed by atoms with Crippen LogP contribution in [0.1, 0.15) is 18.9 Å². The number of nitrogens with zero attached hydrogens (tertiary/aromatic N) is 2. The first-order valence-electron chi connectivity index (χ1n) is 5.74. The molecule has 0 aliphatic heterocycles. The van der Waals surface area contributed by atoms with Crippen molar-refractivity contribution >= 4 is 21.6 Å². The van der Waals surface area contributed by atoms with Crippen LogP contribution in [0.3, 0.4) is 0 Å². The van der Waals surface area contributed by atoms with E-state index in [2.05, 4.69) is 0 Å². The first kappa shape index (κ1) is 17.8. The maximum absolute atomic E-state index is 13.0. The molecule has 116 valence electrons. The van der Waals surface area contributed by atoms with Crippen LogP contribution in [0.25, 0.3) is 0 Å². The van der Waals surface area contributed by atoms with E-state index in [0.717, 1.165) is 19.2 Å². The van der Waals surface area contributed by atoms with E-state index in [1.54, 1.807) is 6.07 Å². The summed E-state index contributed by atoms with van der Waals surface area (Å²) < 4.78 is 64.4. The SMILES string of the molecule is CC(CC#N)N(C)S(=O)(=O)c1c(Cl)cccc1C(F)(F)F. The topological polar surface area (TPSA) is 61.2 Å². The van der Waals surface area contributed by atoms with Crippen molar-refractivity contribution in [3.8, 4) is 6.07 Å². The smallest absolute Gasteiger partial charge is 0.207 e. The van der Waals surface area contributed by atoms with Gasteiger partial charge >= 0.3 is 6.18 Å². The van der Waals surface area contributed by atoms with Crippen molar-refractivity contribution in [2.24, 2.45) is 0 Å². The Morgan fingerprint density at radius 1 is 1.43 bits per heavy atom. The highest BCUT2D eigenvalue weighted by Gasteiger charge is 2.40. The van der Waals surface area contributed by atoms with Gasteiger partial charge in [0.15, 0.2) is 0 Å². The number of sulfonamides is 1. The molecule has 1 rings (SSSR count). The van der Waals surface area contributed by atoms with Gasteiger partial charge in [0.2, 0.25) is 10.0 Å². The van der Waals surface area contributed by atoms with E-state index in [4.69, 9.17) is 16.9 Å². The molecule has 0 N–H and O–H groups in total. The van der Waals surface area contributed by atoms with Crippen LogP contribution in [-0.2, 0) is 16.2 Å². The molecule has 0 fully saturated rings. The van der Waals surface area contributed by atoms with Crippen molar-refractivity contribution in [3.63, 3.8) is 0 Å². The molecule has 0 aliphatic carbocycles. The van der Waals surface area contributed by atoms with Crippen LogP contribution < -0.4 is 0 Å². The second-order valence-corrected chi connectivity index (χ2v) is 6.69. The Kier molecular flexibility index (Phi) is 5.25. The fourth-order valence-electron chi connectivity index (χ4n) is 1.64. The van der Waals surface area contributed by atoms with Gasteiger partial charge in [-0.1, -0.05) is 17.7 Å². The molecule has 0 saturated carbocycles. The molecule has 0 saturated heterocycles. The zero-order valence-electron chi connectivity index (χ0n) is 11.1. The average Bonchev–Trinajstić information content (AvgIpc) is 2.36. The predicted molar refractivity (Wildman–Crippen MR) is 71.1 cm³/mol. The average molecular weight is 341 g/mol. The predicted octanol–water partition coefficient (Wildman–Crippen LogP) is 3.28. The second-order valence-electron chi connectivity index (χ2n) is 4.35. The lowest BCUT2D eigenvalue weighted by atomic mass is 10.2. The Bertz CT molecular complexity index is 668. The molecule has 1 unspecified atom stereocenters. The minimum absolute atomic E-state index is 0.151. The molecule has 1 aromatic carbocycles. The number of hydrogen-bond donors (Lipinski definition) is 0. The third kappa shape index (κ3) is 3.67. The molecule has 0 spiro atoms. The summed E-state index contributed by atoms with van der Waals surface area (Å²) in [7, 11) is -3.36. The van der Waals surface area contributed by atoms with Gasteiger partial charge in [0.05, 0.1) is 23.1 Å². The van der Waals surface area contributed by atoms with Gasteiger partial charge in [-0.15, -0.1) is 0 Å². The number of halogens is 4. The minimum atomic E-state index is -4.85. The summed E-state index contributed by atoms with van der Waals surface area (Å²) in [6.07, 6.45) is -5.01. The monoisotopic (exact) mass is 340 g/mol. The van der Waals surface area contributed by atoms with Crippen molar-refractivity contribution < 1.29 is 21.6 Å². The molecule has 0 aliphatic rings. The maximum atomic E-state index is 13.0. The summed E-state index contributed by atoms with van der Waals surface area (Å²) in [5, 5.41) is 8.07. The Labute approximate surface area is 125 Å². The van der Waals surface area contributed by atoms with Gasteiger partial charge < -0.3 is 0 Å². The highest BCUT2D eigenvalue weighted by Crippen LogP contribution is 2.38. The molecule has 1 atom stereocenters. The number of alkyl halides is 3. The van der Waals surface area contributed by atoms with E-state index in [9.17, 15) is 21.6 Å². The van der Waals surface area contributed by atoms with Crippen molar-refractivity contribution in [3.05, 3.63) is 28.8 Å². The highest BCUT2D eigenvalue weighted by molar-refractivity contribution is 7.89. The zero-order chi connectivity index (χ0) is 16.4. The molecule has 0 bridgehead atoms. The third-order valence-corrected chi connectivity index (χ3v) is 5.42. The Hall–Kier alpha value is -1.30. The fourth-order valence-corrected chi connectivity index (χ4v) is 3.72. The van der Waals surface area contributed by atoms with Crippen molar-refractivity contribution in [1.29, 1.82) is 5.26 Å². The van der Waals surface area contributed by atoms with Crippen molar-refractivity contribution in [2.75, 3.05) is 7.05 Å². The lowest BCUT2D eigenvalue weighted by Crippen LogP contribution is -2.36. The van der Waals surface area contributed by atoms with Crippen LogP contribution >= 0.6 is 11.6 Å². The molecule has 9 heteroatoms. The molecule has 0 aromatic heterocycles. The summed E-state index contributed by atoms with van der Waals surface area (Å²) in [5.41, 5.74) is -1.33. The summed E-state index contributed by atoms with van der Waals surface area (Å²) in [6.45, 7) is 1.42. The third-order valence-electron chi connectivity index (χ3n) is 2.92. The maximum Gasteiger partial charge on any atom is 0.417 e. The molecular formula is C12H12ClF3N2O2S. The fraction of sp³-hybridized carbons (Fsp3) is 0.417. The molecular weight excluding hydrogens is 329 g/mol. The van der Waals surface area contributed by atoms with Gasteiger partial charge in [0.25, 0.3) is 0 Å². The van der Waals surface area contributed by atoms with Gasteiger partial charge in [-0.2, -0.15) is 22.7 Å². The van der Waals surface area contributed by atoms with Gasteiger partial charge in [0.1, 0.15) is 4.90 Å². The largest absolute Gasteiger partial charge is 0.417 e. The lowest BCUT2D eigenvalue weighted by Gasteiger charge is -2.24. The molecule has 0 heterocycles. The molecule has 4 nitrogen and oxygen atoms in total. The van der Waals surface area contributed by atoms with Gasteiger partial charge in [-0.3, -0.25) is 0 Å². The van der Waals surface area contributed by atoms with Crippen LogP contribution in [0.5, 0.6) is 0 Å². The Morgan fingerprint density at radius 2 is 2.00 bits per heavy atom. The van der Waals surface area contributed by atoms with Gasteiger partial charge in [-0.25, -0.2) is 8.42 Å². The van der Waals surface area contributed by atoms with Crippen LogP contribution in [0.2, 0.25) is 5.02 Å². The normalized spacial score (nSPS) is 14.0. The van der Waals surface area contributed by atoms with Crippen molar-refractivity contribution in [1.82, 2.24) is 4.31 Å². The number of nitriles is 1. The van der Waals surface area contributed by atoms with E-state index in [1.807, 2.05) is 0 Å². The first-order chi connectivity index (χ1) is 9.53. The zero-order valence-corrected chi connectivity index (χ0v) is 12.7. The van der Waals surface area contributed by atoms with Gasteiger partial charge in [-0.05, 0) is 19.1 Å². The summed E-state index contributed by atoms with van der Waals surface area (Å²) >= 11 is 5.67. The highest BCUT2D eigenvalue weighted by atomic mass is 35.5. The van der Waals surface area contributed by atoms with Crippen LogP contribution in [0.4, 0.5) is 13.2 Å². The lowest BCUT2D eigenvalue weighted by molar-refractivity contribution is -0.139.